The zero-order chi connectivity index (χ0) is 15.8. The number of nitrogens with one attached hydrogen (secondary N) is 1. The molecule has 0 saturated carbocycles. The lowest BCUT2D eigenvalue weighted by Gasteiger charge is -2.17. The van der Waals surface area contributed by atoms with Crippen molar-refractivity contribution in [2.24, 2.45) is 5.84 Å². The second-order valence-electron chi connectivity index (χ2n) is 5.41. The monoisotopic (exact) mass is 301 g/mol. The van der Waals surface area contributed by atoms with Crippen LogP contribution in [0.3, 0.4) is 0 Å². The van der Waals surface area contributed by atoms with Gasteiger partial charge in [-0.25, -0.2) is 10.9 Å². The number of rotatable bonds is 2. The standard InChI is InChI=1S/C19H15N3O/c20-22(19(23)13-7-2-1-3-8-13)17-12-6-10-15-14-9-4-5-11-16(14)21-18(15)17/h1-12,21H,20H2. The fourth-order valence-electron chi connectivity index (χ4n) is 2.89. The summed E-state index contributed by atoms with van der Waals surface area (Å²) in [6, 6.07) is 22.9. The molecular weight excluding hydrogens is 286 g/mol. The van der Waals surface area contributed by atoms with Crippen molar-refractivity contribution >= 4 is 33.4 Å². The largest absolute Gasteiger partial charge is 0.353 e. The number of para-hydroxylation sites is 2. The van der Waals surface area contributed by atoms with Gasteiger partial charge in [-0.05, 0) is 24.3 Å². The van der Waals surface area contributed by atoms with Crippen LogP contribution in [-0.2, 0) is 0 Å². The molecule has 0 atom stereocenters. The SMILES string of the molecule is NN(C(=O)c1ccccc1)c1cccc2c1[nH]c1ccccc12. The third-order valence-electron chi connectivity index (χ3n) is 4.02. The molecule has 4 aromatic rings. The molecule has 0 bridgehead atoms. The Morgan fingerprint density at radius 1 is 0.826 bits per heavy atom. The van der Waals surface area contributed by atoms with Crippen molar-refractivity contribution < 1.29 is 4.79 Å². The predicted molar refractivity (Wildman–Crippen MR) is 93.2 cm³/mol. The molecule has 0 fully saturated rings. The van der Waals surface area contributed by atoms with Gasteiger partial charge >= 0.3 is 0 Å². The number of amides is 1. The molecule has 4 nitrogen and oxygen atoms in total. The van der Waals surface area contributed by atoms with Crippen molar-refractivity contribution in [2.45, 2.75) is 0 Å². The molecule has 3 N–H and O–H groups in total. The molecule has 1 amide bonds. The second kappa shape index (κ2) is 5.26. The number of benzene rings is 3. The average Bonchev–Trinajstić information content (AvgIpc) is 3.00. The molecule has 0 saturated heterocycles. The molecule has 0 spiro atoms. The summed E-state index contributed by atoms with van der Waals surface area (Å²) < 4.78 is 0. The Bertz CT molecular complexity index is 1000. The van der Waals surface area contributed by atoms with Crippen LogP contribution >= 0.6 is 0 Å². The lowest BCUT2D eigenvalue weighted by atomic mass is 10.1. The van der Waals surface area contributed by atoms with E-state index in [9.17, 15) is 4.79 Å². The number of anilines is 1. The molecule has 4 heteroatoms. The number of nitrogens with two attached hydrogens (primary N) is 1. The first-order valence-corrected chi connectivity index (χ1v) is 7.39. The number of H-pyrrole nitrogens is 1. The maximum absolute atomic E-state index is 12.6. The first kappa shape index (κ1) is 13.5. The van der Waals surface area contributed by atoms with Crippen LogP contribution in [0.25, 0.3) is 21.8 Å². The number of aromatic amines is 1. The van der Waals surface area contributed by atoms with Crippen molar-refractivity contribution in [3.8, 4) is 0 Å². The second-order valence-corrected chi connectivity index (χ2v) is 5.41. The first-order valence-electron chi connectivity index (χ1n) is 7.39. The minimum atomic E-state index is -0.239. The van der Waals surface area contributed by atoms with Crippen LogP contribution in [0, 0.1) is 0 Å². The van der Waals surface area contributed by atoms with Crippen LogP contribution in [0.1, 0.15) is 10.4 Å². The van der Waals surface area contributed by atoms with Gasteiger partial charge in [0.15, 0.2) is 0 Å². The van der Waals surface area contributed by atoms with Crippen LogP contribution in [-0.4, -0.2) is 10.9 Å². The van der Waals surface area contributed by atoms with E-state index in [4.69, 9.17) is 5.84 Å². The normalized spacial score (nSPS) is 11.0. The van der Waals surface area contributed by atoms with Gasteiger partial charge in [0.25, 0.3) is 5.91 Å². The van der Waals surface area contributed by atoms with E-state index in [1.807, 2.05) is 54.6 Å². The summed E-state index contributed by atoms with van der Waals surface area (Å²) in [5.74, 6) is 5.88. The third kappa shape index (κ3) is 2.17. The van der Waals surface area contributed by atoms with Crippen LogP contribution in [0.15, 0.2) is 72.8 Å². The van der Waals surface area contributed by atoms with Gasteiger partial charge in [0.2, 0.25) is 0 Å². The highest BCUT2D eigenvalue weighted by Crippen LogP contribution is 2.31. The van der Waals surface area contributed by atoms with E-state index in [0.29, 0.717) is 11.3 Å². The minimum Gasteiger partial charge on any atom is -0.353 e. The average molecular weight is 301 g/mol. The van der Waals surface area contributed by atoms with Crippen LogP contribution < -0.4 is 10.9 Å². The molecular formula is C19H15N3O. The molecule has 0 unspecified atom stereocenters. The summed E-state index contributed by atoms with van der Waals surface area (Å²) in [7, 11) is 0. The number of carbonyl (C=O) groups is 1. The highest BCUT2D eigenvalue weighted by molar-refractivity contribution is 6.15. The Labute approximate surface area is 133 Å². The molecule has 0 radical (unpaired) electrons. The zero-order valence-electron chi connectivity index (χ0n) is 12.4. The van der Waals surface area contributed by atoms with E-state index >= 15 is 0 Å². The maximum atomic E-state index is 12.6. The Morgan fingerprint density at radius 3 is 2.35 bits per heavy atom. The van der Waals surface area contributed by atoms with Gasteiger partial charge in [-0.15, -0.1) is 0 Å². The molecule has 0 aliphatic heterocycles. The molecule has 1 heterocycles. The summed E-state index contributed by atoms with van der Waals surface area (Å²) in [6.45, 7) is 0. The predicted octanol–water partition coefficient (Wildman–Crippen LogP) is 3.84. The fraction of sp³-hybridized carbons (Fsp3) is 0. The number of nitrogens with zero attached hydrogens (tertiary/aromatic N) is 1. The van der Waals surface area contributed by atoms with Crippen LogP contribution in [0.4, 0.5) is 5.69 Å². The Balaban J connectivity index is 1.87. The molecule has 23 heavy (non-hydrogen) atoms. The number of hydrogen-bond donors (Lipinski definition) is 2. The van der Waals surface area contributed by atoms with Gasteiger partial charge in [-0.2, -0.15) is 0 Å². The van der Waals surface area contributed by atoms with Crippen molar-refractivity contribution in [3.63, 3.8) is 0 Å². The van der Waals surface area contributed by atoms with Crippen LogP contribution in [0.2, 0.25) is 0 Å². The quantitative estimate of drug-likeness (QED) is 0.336. The summed E-state index contributed by atoms with van der Waals surface area (Å²) in [6.07, 6.45) is 0. The summed E-state index contributed by atoms with van der Waals surface area (Å²) in [5.41, 5.74) is 3.10. The number of aromatic nitrogens is 1. The molecule has 112 valence electrons. The summed E-state index contributed by atoms with van der Waals surface area (Å²) in [5, 5.41) is 3.37. The molecule has 0 aliphatic rings. The van der Waals surface area contributed by atoms with Crippen molar-refractivity contribution in [1.82, 2.24) is 4.98 Å². The van der Waals surface area contributed by atoms with Gasteiger partial charge in [-0.1, -0.05) is 48.5 Å². The minimum absolute atomic E-state index is 0.239. The van der Waals surface area contributed by atoms with Crippen molar-refractivity contribution in [1.29, 1.82) is 0 Å². The van der Waals surface area contributed by atoms with E-state index in [1.54, 1.807) is 12.1 Å². The van der Waals surface area contributed by atoms with Crippen molar-refractivity contribution in [3.05, 3.63) is 78.4 Å². The van der Waals surface area contributed by atoms with Gasteiger partial charge in [0.1, 0.15) is 0 Å². The van der Waals surface area contributed by atoms with Crippen molar-refractivity contribution in [2.75, 3.05) is 5.01 Å². The molecule has 0 aliphatic carbocycles. The van der Waals surface area contributed by atoms with Gasteiger partial charge in [0.05, 0.1) is 11.2 Å². The van der Waals surface area contributed by atoms with Gasteiger partial charge in [0, 0.05) is 21.9 Å². The third-order valence-corrected chi connectivity index (χ3v) is 4.02. The van der Waals surface area contributed by atoms with Crippen LogP contribution in [0.5, 0.6) is 0 Å². The summed E-state index contributed by atoms with van der Waals surface area (Å²) >= 11 is 0. The number of hydrazine groups is 1. The fourth-order valence-corrected chi connectivity index (χ4v) is 2.89. The van der Waals surface area contributed by atoms with E-state index in [1.165, 1.54) is 5.01 Å². The highest BCUT2D eigenvalue weighted by Gasteiger charge is 2.17. The Hall–Kier alpha value is -3.11. The van der Waals surface area contributed by atoms with E-state index < -0.39 is 0 Å². The highest BCUT2D eigenvalue weighted by atomic mass is 16.2. The summed E-state index contributed by atoms with van der Waals surface area (Å²) in [4.78, 5) is 16.0. The van der Waals surface area contributed by atoms with E-state index in [2.05, 4.69) is 11.1 Å². The first-order chi connectivity index (χ1) is 11.3. The zero-order valence-corrected chi connectivity index (χ0v) is 12.4. The number of hydrogen-bond acceptors (Lipinski definition) is 2. The topological polar surface area (TPSA) is 62.1 Å². The van der Waals surface area contributed by atoms with E-state index in [0.717, 1.165) is 21.8 Å². The molecule has 1 aromatic heterocycles. The smallest absolute Gasteiger partial charge is 0.272 e. The van der Waals surface area contributed by atoms with E-state index in [-0.39, 0.29) is 5.91 Å². The lowest BCUT2D eigenvalue weighted by Crippen LogP contribution is -2.37. The number of fused-ring (bicyclic) bond motifs is 3. The Kier molecular flexibility index (Phi) is 3.10. The van der Waals surface area contributed by atoms with Gasteiger partial charge in [-0.3, -0.25) is 4.79 Å². The lowest BCUT2D eigenvalue weighted by molar-refractivity contribution is 0.0987. The number of carbonyl (C=O) groups excluding carboxylic acids is 1. The molecule has 4 rings (SSSR count). The Morgan fingerprint density at radius 2 is 1.52 bits per heavy atom. The maximum Gasteiger partial charge on any atom is 0.272 e. The molecule has 3 aromatic carbocycles. The van der Waals surface area contributed by atoms with Gasteiger partial charge < -0.3 is 4.98 Å².